The predicted molar refractivity (Wildman–Crippen MR) is 77.3 cm³/mol. The van der Waals surface area contributed by atoms with E-state index in [0.717, 1.165) is 12.1 Å². The molecule has 0 amide bonds. The van der Waals surface area contributed by atoms with Crippen molar-refractivity contribution in [3.05, 3.63) is 29.1 Å². The van der Waals surface area contributed by atoms with Crippen molar-refractivity contribution in [2.24, 2.45) is 5.92 Å². The third-order valence-corrected chi connectivity index (χ3v) is 5.00. The fourth-order valence-electron chi connectivity index (χ4n) is 2.01. The lowest BCUT2D eigenvalue weighted by Gasteiger charge is -2.21. The second-order valence-electron chi connectivity index (χ2n) is 5.27. The van der Waals surface area contributed by atoms with Gasteiger partial charge in [0.15, 0.2) is 0 Å². The van der Waals surface area contributed by atoms with Crippen molar-refractivity contribution in [3.63, 3.8) is 0 Å². The molecule has 0 heterocycles. The Morgan fingerprint density at radius 3 is 2.38 bits per heavy atom. The summed E-state index contributed by atoms with van der Waals surface area (Å²) in [6.07, 6.45) is 0.580. The minimum absolute atomic E-state index is 0.0672. The Kier molecular flexibility index (Phi) is 5.47. The first-order valence-corrected chi connectivity index (χ1v) is 8.14. The second-order valence-corrected chi connectivity index (χ2v) is 6.95. The van der Waals surface area contributed by atoms with Gasteiger partial charge < -0.3 is 5.11 Å². The molecule has 0 bridgehead atoms. The van der Waals surface area contributed by atoms with Crippen LogP contribution in [0.15, 0.2) is 17.0 Å². The number of hydrogen-bond acceptors (Lipinski definition) is 3. The number of nitrogens with one attached hydrogen (secondary N) is 1. The molecular formula is C14H20FNO4S. The van der Waals surface area contributed by atoms with Crippen LogP contribution in [0, 0.1) is 18.7 Å². The third-order valence-electron chi connectivity index (χ3n) is 3.38. The van der Waals surface area contributed by atoms with Gasteiger partial charge in [-0.3, -0.25) is 0 Å². The molecule has 0 aliphatic rings. The number of benzene rings is 1. The van der Waals surface area contributed by atoms with Gasteiger partial charge in [0, 0.05) is 11.6 Å². The highest BCUT2D eigenvalue weighted by atomic mass is 32.2. The van der Waals surface area contributed by atoms with Crippen molar-refractivity contribution in [2.75, 3.05) is 0 Å². The molecule has 1 atom stereocenters. The van der Waals surface area contributed by atoms with Gasteiger partial charge in [0.1, 0.15) is 5.82 Å². The van der Waals surface area contributed by atoms with Gasteiger partial charge in [0.2, 0.25) is 10.0 Å². The number of carbonyl (C=O) groups is 1. The molecule has 1 unspecified atom stereocenters. The van der Waals surface area contributed by atoms with Crippen LogP contribution in [0.2, 0.25) is 0 Å². The summed E-state index contributed by atoms with van der Waals surface area (Å²) < 4.78 is 41.0. The highest BCUT2D eigenvalue weighted by Gasteiger charge is 2.25. The van der Waals surface area contributed by atoms with Crippen molar-refractivity contribution in [2.45, 2.75) is 45.1 Å². The fourth-order valence-corrected chi connectivity index (χ4v) is 3.76. The van der Waals surface area contributed by atoms with E-state index in [1.807, 2.05) is 20.8 Å². The molecule has 0 saturated heterocycles. The van der Waals surface area contributed by atoms with Crippen molar-refractivity contribution < 1.29 is 22.7 Å². The van der Waals surface area contributed by atoms with Crippen LogP contribution in [-0.2, 0) is 10.0 Å². The Balaban J connectivity index is 3.34. The molecule has 1 rings (SSSR count). The van der Waals surface area contributed by atoms with Gasteiger partial charge in [-0.05, 0) is 31.4 Å². The van der Waals surface area contributed by atoms with Gasteiger partial charge in [0.05, 0.1) is 10.5 Å². The zero-order chi connectivity index (χ0) is 16.4. The predicted octanol–water partition coefficient (Wildman–Crippen LogP) is 2.55. The summed E-state index contributed by atoms with van der Waals surface area (Å²) in [5.41, 5.74) is -0.484. The highest BCUT2D eigenvalue weighted by Crippen LogP contribution is 2.22. The zero-order valence-electron chi connectivity index (χ0n) is 12.5. The molecule has 0 radical (unpaired) electrons. The molecule has 0 spiro atoms. The first kappa shape index (κ1) is 17.6. The molecule has 2 N–H and O–H groups in total. The van der Waals surface area contributed by atoms with Crippen molar-refractivity contribution in [1.82, 2.24) is 4.72 Å². The van der Waals surface area contributed by atoms with E-state index in [2.05, 4.69) is 4.72 Å². The van der Waals surface area contributed by atoms with Crippen LogP contribution in [-0.4, -0.2) is 25.5 Å². The molecule has 7 heteroatoms. The van der Waals surface area contributed by atoms with Crippen molar-refractivity contribution in [3.8, 4) is 0 Å². The van der Waals surface area contributed by atoms with Crippen LogP contribution < -0.4 is 4.72 Å². The Hall–Kier alpha value is -1.47. The van der Waals surface area contributed by atoms with E-state index in [9.17, 15) is 17.6 Å². The summed E-state index contributed by atoms with van der Waals surface area (Å²) in [5.74, 6) is -2.16. The third kappa shape index (κ3) is 4.01. The van der Waals surface area contributed by atoms with E-state index < -0.39 is 27.4 Å². The summed E-state index contributed by atoms with van der Waals surface area (Å²) in [4.78, 5) is 10.6. The molecule has 5 nitrogen and oxygen atoms in total. The van der Waals surface area contributed by atoms with Gasteiger partial charge in [-0.25, -0.2) is 22.3 Å². The largest absolute Gasteiger partial charge is 0.478 e. The number of hydrogen-bond donors (Lipinski definition) is 2. The smallest absolute Gasteiger partial charge is 0.335 e. The summed E-state index contributed by atoms with van der Waals surface area (Å²) in [6, 6.07) is 1.50. The number of halogens is 1. The fraction of sp³-hybridized carbons (Fsp3) is 0.500. The Labute approximate surface area is 124 Å². The topological polar surface area (TPSA) is 83.5 Å². The highest BCUT2D eigenvalue weighted by molar-refractivity contribution is 7.89. The Morgan fingerprint density at radius 2 is 1.95 bits per heavy atom. The lowest BCUT2D eigenvalue weighted by atomic mass is 10.0. The van der Waals surface area contributed by atoms with Crippen LogP contribution in [0.25, 0.3) is 0 Å². The Morgan fingerprint density at radius 1 is 1.38 bits per heavy atom. The van der Waals surface area contributed by atoms with Crippen LogP contribution in [0.3, 0.4) is 0 Å². The van der Waals surface area contributed by atoms with Crippen LogP contribution in [0.4, 0.5) is 4.39 Å². The summed E-state index contributed by atoms with van der Waals surface area (Å²) in [6.45, 7) is 6.90. The van der Waals surface area contributed by atoms with E-state index in [4.69, 9.17) is 5.11 Å². The summed E-state index contributed by atoms with van der Waals surface area (Å²) >= 11 is 0. The minimum Gasteiger partial charge on any atom is -0.478 e. The first-order chi connectivity index (χ1) is 9.60. The minimum atomic E-state index is -3.98. The molecule has 0 aromatic heterocycles. The van der Waals surface area contributed by atoms with Gasteiger partial charge in [-0.1, -0.05) is 20.8 Å². The molecule has 21 heavy (non-hydrogen) atoms. The van der Waals surface area contributed by atoms with E-state index in [1.165, 1.54) is 6.92 Å². The van der Waals surface area contributed by atoms with Gasteiger partial charge in [-0.2, -0.15) is 0 Å². The standard InChI is InChI=1S/C14H20FNO4S/c1-5-12(8(2)3)16-21(19,20)13-7-10(14(17)18)6-11(15)9(13)4/h6-8,12,16H,5H2,1-4H3,(H,17,18). The van der Waals surface area contributed by atoms with E-state index in [0.29, 0.717) is 6.42 Å². The molecule has 0 aliphatic carbocycles. The van der Waals surface area contributed by atoms with E-state index >= 15 is 0 Å². The average Bonchev–Trinajstić information content (AvgIpc) is 2.38. The van der Waals surface area contributed by atoms with E-state index in [1.54, 1.807) is 0 Å². The normalized spacial score (nSPS) is 13.4. The summed E-state index contributed by atoms with van der Waals surface area (Å²) in [5, 5.41) is 8.92. The molecule has 0 aliphatic heterocycles. The number of aromatic carboxylic acids is 1. The van der Waals surface area contributed by atoms with E-state index in [-0.39, 0.29) is 22.4 Å². The van der Waals surface area contributed by atoms with Crippen LogP contribution in [0.5, 0.6) is 0 Å². The molecule has 1 aromatic rings. The molecule has 118 valence electrons. The second kappa shape index (κ2) is 6.53. The Bertz CT molecular complexity index is 641. The maximum absolute atomic E-state index is 13.8. The molecule has 0 fully saturated rings. The lowest BCUT2D eigenvalue weighted by molar-refractivity contribution is 0.0696. The molecule has 0 saturated carbocycles. The van der Waals surface area contributed by atoms with Gasteiger partial charge in [0.25, 0.3) is 0 Å². The number of carboxylic acids is 1. The maximum atomic E-state index is 13.8. The van der Waals surface area contributed by atoms with Gasteiger partial charge in [-0.15, -0.1) is 0 Å². The van der Waals surface area contributed by atoms with Crippen molar-refractivity contribution in [1.29, 1.82) is 0 Å². The average molecular weight is 317 g/mol. The van der Waals surface area contributed by atoms with Crippen LogP contribution >= 0.6 is 0 Å². The number of carboxylic acid groups (broad SMARTS) is 1. The van der Waals surface area contributed by atoms with Gasteiger partial charge >= 0.3 is 5.97 Å². The molecular weight excluding hydrogens is 297 g/mol. The van der Waals surface area contributed by atoms with Crippen molar-refractivity contribution >= 4 is 16.0 Å². The first-order valence-electron chi connectivity index (χ1n) is 6.66. The number of rotatable bonds is 6. The number of sulfonamides is 1. The monoisotopic (exact) mass is 317 g/mol. The summed E-state index contributed by atoms with van der Waals surface area (Å²) in [7, 11) is -3.98. The lowest BCUT2D eigenvalue weighted by Crippen LogP contribution is -2.38. The zero-order valence-corrected chi connectivity index (χ0v) is 13.3. The SMILES string of the molecule is CCC(NS(=O)(=O)c1cc(C(=O)O)cc(F)c1C)C(C)C. The quantitative estimate of drug-likeness (QED) is 0.844. The van der Waals surface area contributed by atoms with Crippen LogP contribution in [0.1, 0.15) is 43.1 Å². The molecule has 1 aromatic carbocycles. The maximum Gasteiger partial charge on any atom is 0.335 e.